The van der Waals surface area contributed by atoms with E-state index in [2.05, 4.69) is 20.9 Å². The average Bonchev–Trinajstić information content (AvgIpc) is 3.12. The van der Waals surface area contributed by atoms with Crippen molar-refractivity contribution in [2.75, 3.05) is 6.54 Å². The lowest BCUT2D eigenvalue weighted by Gasteiger charge is -2.34. The van der Waals surface area contributed by atoms with Crippen molar-refractivity contribution in [2.24, 2.45) is 10.8 Å². The molecule has 3 heterocycles. The zero-order chi connectivity index (χ0) is 25.0. The topological polar surface area (TPSA) is 129 Å². The summed E-state index contributed by atoms with van der Waals surface area (Å²) in [5, 5.41) is 24.7. The number of nitrogens with one attached hydrogen (secondary N) is 2. The number of hydrogen-bond acceptors (Lipinski definition) is 6. The highest BCUT2D eigenvalue weighted by atomic mass is 16.3. The van der Waals surface area contributed by atoms with Gasteiger partial charge in [-0.25, -0.2) is 4.68 Å². The number of nitrogens with zero attached hydrogens (tertiary/aromatic N) is 4. The number of aliphatic hydroxyl groups is 1. The van der Waals surface area contributed by atoms with Crippen LogP contribution in [0.2, 0.25) is 0 Å². The van der Waals surface area contributed by atoms with Crippen LogP contribution in [-0.2, 0) is 14.4 Å². The van der Waals surface area contributed by atoms with Gasteiger partial charge in [0.05, 0.1) is 11.8 Å². The Bertz CT molecular complexity index is 957. The fourth-order valence-corrected chi connectivity index (χ4v) is 4.96. The second kappa shape index (κ2) is 8.62. The van der Waals surface area contributed by atoms with Crippen molar-refractivity contribution in [3.63, 3.8) is 0 Å². The van der Waals surface area contributed by atoms with E-state index >= 15 is 0 Å². The number of carbonyl (C=O) groups is 3. The Morgan fingerprint density at radius 2 is 1.85 bits per heavy atom. The van der Waals surface area contributed by atoms with E-state index in [1.54, 1.807) is 4.68 Å². The molecule has 0 aromatic carbocycles. The molecular formula is C24H38N6O4. The second-order valence-corrected chi connectivity index (χ2v) is 12.3. The highest BCUT2D eigenvalue weighted by Gasteiger charge is 2.47. The molecule has 0 radical (unpaired) electrons. The number of aliphatic hydroxyl groups excluding tert-OH is 1. The smallest absolute Gasteiger partial charge is 0.248 e. The summed E-state index contributed by atoms with van der Waals surface area (Å²) < 4.78 is 1.61. The van der Waals surface area contributed by atoms with Crippen molar-refractivity contribution in [2.45, 2.75) is 103 Å². The third-order valence-corrected chi connectivity index (χ3v) is 7.17. The number of β-amino-alcohol motifs (C(OH)–C–C–N with tert-alkyl or cyclic N) is 1. The maximum Gasteiger partial charge on any atom is 0.248 e. The Morgan fingerprint density at radius 1 is 1.18 bits per heavy atom. The van der Waals surface area contributed by atoms with Crippen molar-refractivity contribution >= 4 is 17.7 Å². The molecule has 34 heavy (non-hydrogen) atoms. The molecule has 2 unspecified atom stereocenters. The maximum atomic E-state index is 13.8. The minimum absolute atomic E-state index is 0.0459. The van der Waals surface area contributed by atoms with Crippen molar-refractivity contribution in [1.29, 1.82) is 0 Å². The average molecular weight is 475 g/mol. The van der Waals surface area contributed by atoms with Gasteiger partial charge in [0, 0.05) is 31.1 Å². The van der Waals surface area contributed by atoms with Gasteiger partial charge in [-0.2, -0.15) is 0 Å². The molecule has 3 aliphatic rings. The third-order valence-electron chi connectivity index (χ3n) is 7.17. The Hall–Kier alpha value is -2.49. The van der Waals surface area contributed by atoms with E-state index in [0.717, 1.165) is 18.5 Å². The normalized spacial score (nSPS) is 28.7. The molecule has 1 aliphatic carbocycles. The first-order valence-corrected chi connectivity index (χ1v) is 12.3. The number of rotatable bonds is 5. The van der Waals surface area contributed by atoms with Gasteiger partial charge in [-0.15, -0.1) is 5.10 Å². The molecule has 3 amide bonds. The maximum absolute atomic E-state index is 13.8. The van der Waals surface area contributed by atoms with Crippen LogP contribution in [0, 0.1) is 10.8 Å². The number of aromatic nitrogens is 3. The molecule has 1 aromatic rings. The molecule has 10 nitrogen and oxygen atoms in total. The molecule has 10 heteroatoms. The molecule has 4 rings (SSSR count). The number of likely N-dealkylation sites (tertiary alicyclic amines) is 1. The number of carbonyl (C=O) groups excluding carboxylic acids is 3. The van der Waals surface area contributed by atoms with Gasteiger partial charge in [0.1, 0.15) is 18.1 Å². The van der Waals surface area contributed by atoms with Gasteiger partial charge in [0.2, 0.25) is 17.7 Å². The van der Waals surface area contributed by atoms with Crippen molar-refractivity contribution in [3.05, 3.63) is 11.9 Å². The van der Waals surface area contributed by atoms with Crippen molar-refractivity contribution in [3.8, 4) is 0 Å². The SMILES string of the molecule is CC(C)(C)[C@H]1C[C@@H](NC(=O)C2CC(O)CN2C(=O)[C@@H](n2cc(C3CC3)nn2)C(C)(C)C)C(=O)N1. The third kappa shape index (κ3) is 4.96. The van der Waals surface area contributed by atoms with E-state index in [0.29, 0.717) is 12.3 Å². The fraction of sp³-hybridized carbons (Fsp3) is 0.792. The molecule has 3 fully saturated rings. The molecule has 0 spiro atoms. The zero-order valence-electron chi connectivity index (χ0n) is 21.0. The summed E-state index contributed by atoms with van der Waals surface area (Å²) >= 11 is 0. The van der Waals surface area contributed by atoms with Gasteiger partial charge in [-0.3, -0.25) is 14.4 Å². The Morgan fingerprint density at radius 3 is 2.41 bits per heavy atom. The van der Waals surface area contributed by atoms with Gasteiger partial charge in [-0.05, 0) is 30.1 Å². The highest BCUT2D eigenvalue weighted by Crippen LogP contribution is 2.40. The lowest BCUT2D eigenvalue weighted by Crippen LogP contribution is -2.53. The standard InChI is InChI=1S/C24H38N6O4/c1-23(2,3)18-10-15(20(32)26-18)25-21(33)17-9-14(31)11-29(17)22(34)19(24(4,5)6)30-12-16(27-28-30)13-7-8-13/h12-15,17-19,31H,7-11H2,1-6H3,(H,25,33)(H,26,32)/t14?,15-,17?,18-,19-/m1/s1. The van der Waals surface area contributed by atoms with Crippen LogP contribution in [0.1, 0.15) is 84.9 Å². The quantitative estimate of drug-likeness (QED) is 0.587. The van der Waals surface area contributed by atoms with Crippen LogP contribution in [0.3, 0.4) is 0 Å². The van der Waals surface area contributed by atoms with Gasteiger partial charge < -0.3 is 20.6 Å². The molecular weight excluding hydrogens is 436 g/mol. The molecule has 188 valence electrons. The lowest BCUT2D eigenvalue weighted by atomic mass is 9.85. The molecule has 5 atom stereocenters. The van der Waals surface area contributed by atoms with Crippen LogP contribution in [0.25, 0.3) is 0 Å². The van der Waals surface area contributed by atoms with Crippen LogP contribution < -0.4 is 10.6 Å². The minimum atomic E-state index is -0.847. The van der Waals surface area contributed by atoms with E-state index < -0.39 is 35.6 Å². The molecule has 1 saturated carbocycles. The van der Waals surface area contributed by atoms with E-state index in [1.165, 1.54) is 4.90 Å². The highest BCUT2D eigenvalue weighted by molar-refractivity contribution is 5.94. The summed E-state index contributed by atoms with van der Waals surface area (Å²) in [5.74, 6) is -0.497. The first kappa shape index (κ1) is 24.6. The predicted octanol–water partition coefficient (Wildman–Crippen LogP) is 1.12. The summed E-state index contributed by atoms with van der Waals surface area (Å²) in [6.45, 7) is 12.0. The van der Waals surface area contributed by atoms with Crippen LogP contribution in [0.15, 0.2) is 6.20 Å². The molecule has 2 saturated heterocycles. The zero-order valence-corrected chi connectivity index (χ0v) is 21.0. The van der Waals surface area contributed by atoms with Gasteiger partial charge in [0.25, 0.3) is 0 Å². The summed E-state index contributed by atoms with van der Waals surface area (Å²) in [5.41, 5.74) is 0.266. The molecule has 1 aromatic heterocycles. The van der Waals surface area contributed by atoms with E-state index in [9.17, 15) is 19.5 Å². The van der Waals surface area contributed by atoms with E-state index in [-0.39, 0.29) is 36.2 Å². The van der Waals surface area contributed by atoms with E-state index in [1.807, 2.05) is 47.7 Å². The number of hydrogen-bond donors (Lipinski definition) is 3. The first-order chi connectivity index (χ1) is 15.8. The fourth-order valence-electron chi connectivity index (χ4n) is 4.96. The Balaban J connectivity index is 1.51. The molecule has 2 aliphatic heterocycles. The summed E-state index contributed by atoms with van der Waals surface area (Å²) in [4.78, 5) is 41.0. The van der Waals surface area contributed by atoms with Gasteiger partial charge >= 0.3 is 0 Å². The molecule has 0 bridgehead atoms. The first-order valence-electron chi connectivity index (χ1n) is 12.3. The monoisotopic (exact) mass is 474 g/mol. The minimum Gasteiger partial charge on any atom is -0.391 e. The van der Waals surface area contributed by atoms with Crippen LogP contribution in [0.4, 0.5) is 0 Å². The van der Waals surface area contributed by atoms with Crippen molar-refractivity contribution < 1.29 is 19.5 Å². The van der Waals surface area contributed by atoms with Gasteiger partial charge in [0.15, 0.2) is 0 Å². The molecule has 3 N–H and O–H groups in total. The largest absolute Gasteiger partial charge is 0.391 e. The second-order valence-electron chi connectivity index (χ2n) is 12.3. The van der Waals surface area contributed by atoms with Crippen LogP contribution >= 0.6 is 0 Å². The Labute approximate surface area is 200 Å². The Kier molecular flexibility index (Phi) is 6.25. The summed E-state index contributed by atoms with van der Waals surface area (Å²) in [7, 11) is 0. The summed E-state index contributed by atoms with van der Waals surface area (Å²) in [6.07, 6.45) is 3.82. The van der Waals surface area contributed by atoms with Crippen LogP contribution in [0.5, 0.6) is 0 Å². The van der Waals surface area contributed by atoms with Crippen molar-refractivity contribution in [1.82, 2.24) is 30.5 Å². The van der Waals surface area contributed by atoms with Gasteiger partial charge in [-0.1, -0.05) is 46.8 Å². The predicted molar refractivity (Wildman–Crippen MR) is 125 cm³/mol. The van der Waals surface area contributed by atoms with E-state index in [4.69, 9.17) is 0 Å². The summed E-state index contributed by atoms with van der Waals surface area (Å²) in [6, 6.07) is -2.22. The number of amides is 3. The lowest BCUT2D eigenvalue weighted by molar-refractivity contribution is -0.144. The van der Waals surface area contributed by atoms with Crippen LogP contribution in [-0.4, -0.2) is 73.5 Å².